The van der Waals surface area contributed by atoms with Crippen molar-refractivity contribution in [3.05, 3.63) is 50.7 Å². The van der Waals surface area contributed by atoms with Crippen molar-refractivity contribution < 1.29 is 13.9 Å². The highest BCUT2D eigenvalue weighted by Crippen LogP contribution is 2.38. The van der Waals surface area contributed by atoms with E-state index in [4.69, 9.17) is 44.5 Å². The first-order chi connectivity index (χ1) is 10.5. The van der Waals surface area contributed by atoms with Crippen molar-refractivity contribution in [1.82, 2.24) is 0 Å². The zero-order valence-electron chi connectivity index (χ0n) is 11.2. The average molecular weight is 357 g/mol. The second-order valence-corrected chi connectivity index (χ2v) is 5.36. The summed E-state index contributed by atoms with van der Waals surface area (Å²) >= 11 is 18.1. The molecule has 1 heterocycles. The molecule has 0 unspecified atom stereocenters. The molecule has 112 valence electrons. The van der Waals surface area contributed by atoms with Crippen molar-refractivity contribution >= 4 is 46.8 Å². The van der Waals surface area contributed by atoms with Crippen LogP contribution in [0, 0.1) is 11.3 Å². The van der Waals surface area contributed by atoms with Crippen LogP contribution in [0.2, 0.25) is 15.1 Å². The van der Waals surface area contributed by atoms with Crippen molar-refractivity contribution in [2.24, 2.45) is 0 Å². The summed E-state index contributed by atoms with van der Waals surface area (Å²) in [5.41, 5.74) is 0.292. The van der Waals surface area contributed by atoms with Crippen LogP contribution in [0.25, 0.3) is 17.4 Å². The van der Waals surface area contributed by atoms with Crippen LogP contribution in [0.1, 0.15) is 5.76 Å². The van der Waals surface area contributed by atoms with Gasteiger partial charge in [0, 0.05) is 11.1 Å². The molecule has 1 aromatic carbocycles. The lowest BCUT2D eigenvalue weighted by molar-refractivity contribution is -0.135. The molecule has 0 saturated carbocycles. The number of carbonyl (C=O) groups is 1. The largest absolute Gasteiger partial charge is 0.465 e. The van der Waals surface area contributed by atoms with Gasteiger partial charge in [-0.25, -0.2) is 4.79 Å². The topological polar surface area (TPSA) is 63.2 Å². The van der Waals surface area contributed by atoms with Crippen LogP contribution >= 0.6 is 34.8 Å². The van der Waals surface area contributed by atoms with Crippen LogP contribution in [0.4, 0.5) is 0 Å². The normalized spacial score (nSPS) is 11.1. The van der Waals surface area contributed by atoms with Crippen molar-refractivity contribution in [1.29, 1.82) is 5.26 Å². The molecule has 0 radical (unpaired) electrons. The summed E-state index contributed by atoms with van der Waals surface area (Å²) in [6.45, 7) is 0. The molecule has 0 bridgehead atoms. The average Bonchev–Trinajstić information content (AvgIpc) is 2.91. The number of hydrogen-bond acceptors (Lipinski definition) is 4. The van der Waals surface area contributed by atoms with Gasteiger partial charge >= 0.3 is 5.97 Å². The van der Waals surface area contributed by atoms with Gasteiger partial charge in [0.2, 0.25) is 0 Å². The zero-order valence-corrected chi connectivity index (χ0v) is 13.5. The van der Waals surface area contributed by atoms with Gasteiger partial charge in [-0.2, -0.15) is 5.26 Å². The Morgan fingerprint density at radius 2 is 1.91 bits per heavy atom. The first-order valence-electron chi connectivity index (χ1n) is 5.91. The van der Waals surface area contributed by atoms with Crippen LogP contribution < -0.4 is 0 Å². The summed E-state index contributed by atoms with van der Waals surface area (Å²) in [5.74, 6) is -0.0675. The maximum atomic E-state index is 11.4. The van der Waals surface area contributed by atoms with E-state index < -0.39 is 5.97 Å². The lowest BCUT2D eigenvalue weighted by atomic mass is 10.2. The quantitative estimate of drug-likeness (QED) is 0.442. The van der Waals surface area contributed by atoms with Gasteiger partial charge in [-0.1, -0.05) is 34.8 Å². The molecule has 2 aromatic rings. The third kappa shape index (κ3) is 3.45. The third-order valence-electron chi connectivity index (χ3n) is 2.69. The first-order valence-corrected chi connectivity index (χ1v) is 7.04. The first kappa shape index (κ1) is 16.4. The van der Waals surface area contributed by atoms with Gasteiger partial charge in [0.05, 0.1) is 22.7 Å². The summed E-state index contributed by atoms with van der Waals surface area (Å²) in [6.07, 6.45) is 1.27. The standard InChI is InChI=1S/C15H8Cl3NO3/c1-21-15(20)8(7-19)4-10-2-3-13(22-10)14-11(17)5-9(16)6-12(14)18/h2-6H,1H3/b8-4+. The maximum absolute atomic E-state index is 11.4. The number of esters is 1. The predicted octanol–water partition coefficient (Wildman–Crippen LogP) is 4.99. The fraction of sp³-hybridized carbons (Fsp3) is 0.0667. The van der Waals surface area contributed by atoms with E-state index in [0.717, 1.165) is 0 Å². The molecule has 0 N–H and O–H groups in total. The molecule has 0 saturated heterocycles. The van der Waals surface area contributed by atoms with Crippen LogP contribution in [0.15, 0.2) is 34.3 Å². The fourth-order valence-corrected chi connectivity index (χ4v) is 2.73. The SMILES string of the molecule is COC(=O)/C(C#N)=C/c1ccc(-c2c(Cl)cc(Cl)cc2Cl)o1. The zero-order chi connectivity index (χ0) is 16.3. The molecule has 0 spiro atoms. The number of ether oxygens (including phenoxy) is 1. The van der Waals surface area contributed by atoms with Gasteiger partial charge in [-0.3, -0.25) is 0 Å². The third-order valence-corrected chi connectivity index (χ3v) is 3.51. The summed E-state index contributed by atoms with van der Waals surface area (Å²) in [7, 11) is 1.19. The molecule has 0 aliphatic rings. The van der Waals surface area contributed by atoms with E-state index in [0.29, 0.717) is 32.2 Å². The molecule has 0 amide bonds. The van der Waals surface area contributed by atoms with E-state index in [9.17, 15) is 4.79 Å². The second kappa shape index (κ2) is 6.89. The summed E-state index contributed by atoms with van der Waals surface area (Å²) in [5, 5.41) is 9.98. The molecule has 2 rings (SSSR count). The Labute approximate surface area is 141 Å². The maximum Gasteiger partial charge on any atom is 0.348 e. The molecule has 1 aromatic heterocycles. The number of furan rings is 1. The molecule has 0 atom stereocenters. The number of carbonyl (C=O) groups excluding carboxylic acids is 1. The van der Waals surface area contributed by atoms with Gasteiger partial charge in [-0.05, 0) is 24.3 Å². The second-order valence-electron chi connectivity index (χ2n) is 4.11. The van der Waals surface area contributed by atoms with E-state index in [1.165, 1.54) is 25.3 Å². The predicted molar refractivity (Wildman–Crippen MR) is 84.8 cm³/mol. The van der Waals surface area contributed by atoms with Crippen molar-refractivity contribution in [2.45, 2.75) is 0 Å². The molecule has 0 aliphatic carbocycles. The number of hydrogen-bond donors (Lipinski definition) is 0. The van der Waals surface area contributed by atoms with Gasteiger partial charge in [0.15, 0.2) is 0 Å². The lowest BCUT2D eigenvalue weighted by Gasteiger charge is -2.04. The Balaban J connectivity index is 2.44. The van der Waals surface area contributed by atoms with E-state index in [2.05, 4.69) is 4.74 Å². The Kier molecular flexibility index (Phi) is 5.15. The highest BCUT2D eigenvalue weighted by molar-refractivity contribution is 6.41. The minimum absolute atomic E-state index is 0.184. The molecule has 0 aliphatic heterocycles. The number of benzene rings is 1. The lowest BCUT2D eigenvalue weighted by Crippen LogP contribution is -2.02. The van der Waals surface area contributed by atoms with Crippen molar-refractivity contribution in [3.8, 4) is 17.4 Å². The summed E-state index contributed by atoms with van der Waals surface area (Å²) in [4.78, 5) is 11.4. The van der Waals surface area contributed by atoms with Gasteiger partial charge in [-0.15, -0.1) is 0 Å². The molecule has 0 fully saturated rings. The molecule has 22 heavy (non-hydrogen) atoms. The number of halogens is 3. The fourth-order valence-electron chi connectivity index (χ4n) is 1.73. The molecular formula is C15H8Cl3NO3. The Bertz CT molecular complexity index is 780. The molecule has 7 heteroatoms. The smallest absolute Gasteiger partial charge is 0.348 e. The number of methoxy groups -OCH3 is 1. The highest BCUT2D eigenvalue weighted by Gasteiger charge is 2.15. The highest BCUT2D eigenvalue weighted by atomic mass is 35.5. The van der Waals surface area contributed by atoms with E-state index in [-0.39, 0.29) is 5.57 Å². The molecular weight excluding hydrogens is 349 g/mol. The van der Waals surface area contributed by atoms with E-state index >= 15 is 0 Å². The minimum atomic E-state index is -0.747. The summed E-state index contributed by atoms with van der Waals surface area (Å²) < 4.78 is 10.0. The van der Waals surface area contributed by atoms with Crippen molar-refractivity contribution in [2.75, 3.05) is 7.11 Å². The number of rotatable bonds is 3. The van der Waals surface area contributed by atoms with Crippen LogP contribution in [-0.2, 0) is 9.53 Å². The molecule has 4 nitrogen and oxygen atoms in total. The van der Waals surface area contributed by atoms with Crippen LogP contribution in [0.3, 0.4) is 0 Å². The number of nitriles is 1. The number of nitrogens with zero attached hydrogens (tertiary/aromatic N) is 1. The Hall–Kier alpha value is -1.93. The van der Waals surface area contributed by atoms with Crippen molar-refractivity contribution in [3.63, 3.8) is 0 Å². The Morgan fingerprint density at radius 3 is 2.45 bits per heavy atom. The monoisotopic (exact) mass is 355 g/mol. The van der Waals surface area contributed by atoms with Crippen LogP contribution in [-0.4, -0.2) is 13.1 Å². The summed E-state index contributed by atoms with van der Waals surface area (Å²) in [6, 6.07) is 8.02. The van der Waals surface area contributed by atoms with E-state index in [1.807, 2.05) is 0 Å². The van der Waals surface area contributed by atoms with Crippen LogP contribution in [0.5, 0.6) is 0 Å². The van der Waals surface area contributed by atoms with E-state index in [1.54, 1.807) is 18.2 Å². The van der Waals surface area contributed by atoms with Gasteiger partial charge in [0.25, 0.3) is 0 Å². The Morgan fingerprint density at radius 1 is 1.27 bits per heavy atom. The minimum Gasteiger partial charge on any atom is -0.465 e. The van der Waals surface area contributed by atoms with Gasteiger partial charge in [0.1, 0.15) is 23.2 Å². The van der Waals surface area contributed by atoms with Gasteiger partial charge < -0.3 is 9.15 Å².